The Morgan fingerprint density at radius 2 is 2.31 bits per heavy atom. The summed E-state index contributed by atoms with van der Waals surface area (Å²) in [4.78, 5) is 12.5. The molecule has 4 heteroatoms. The Kier molecular flexibility index (Phi) is 2.34. The Morgan fingerprint density at radius 1 is 1.54 bits per heavy atom. The lowest BCUT2D eigenvalue weighted by atomic mass is 10.3. The maximum absolute atomic E-state index is 11.3. The van der Waals surface area contributed by atoms with Crippen molar-refractivity contribution in [3.63, 3.8) is 0 Å². The highest BCUT2D eigenvalue weighted by molar-refractivity contribution is 9.10. The molecule has 0 fully saturated rings. The minimum absolute atomic E-state index is 0.00803. The van der Waals surface area contributed by atoms with Crippen molar-refractivity contribution in [2.24, 2.45) is 0 Å². The molecule has 0 spiro atoms. The van der Waals surface area contributed by atoms with E-state index in [1.54, 1.807) is 11.8 Å². The van der Waals surface area contributed by atoms with Gasteiger partial charge in [0.1, 0.15) is 0 Å². The van der Waals surface area contributed by atoms with Crippen LogP contribution in [0.15, 0.2) is 27.6 Å². The van der Waals surface area contributed by atoms with Crippen LogP contribution in [-0.4, -0.2) is 11.2 Å². The van der Waals surface area contributed by atoms with Gasteiger partial charge in [0.15, 0.2) is 0 Å². The molecule has 1 atom stereocenters. The lowest BCUT2D eigenvalue weighted by Gasteiger charge is -2.21. The monoisotopic (exact) mass is 257 g/mol. The number of hydrogen-bond donors (Lipinski definition) is 1. The molecule has 0 saturated heterocycles. The van der Waals surface area contributed by atoms with Gasteiger partial charge in [0.25, 0.3) is 0 Å². The molecule has 1 aromatic carbocycles. The lowest BCUT2D eigenvalue weighted by molar-refractivity contribution is -0.115. The first kappa shape index (κ1) is 9.09. The summed E-state index contributed by atoms with van der Waals surface area (Å²) in [6.45, 7) is 1.91. The van der Waals surface area contributed by atoms with Gasteiger partial charge in [0.2, 0.25) is 5.91 Å². The summed E-state index contributed by atoms with van der Waals surface area (Å²) in [5.74, 6) is 0.0793. The quantitative estimate of drug-likeness (QED) is 0.775. The van der Waals surface area contributed by atoms with Crippen LogP contribution in [0.3, 0.4) is 0 Å². The molecule has 0 unspecified atom stereocenters. The Balaban J connectivity index is 2.42. The van der Waals surface area contributed by atoms with Crippen LogP contribution in [0.25, 0.3) is 0 Å². The van der Waals surface area contributed by atoms with E-state index in [0.29, 0.717) is 0 Å². The maximum atomic E-state index is 11.3. The molecule has 68 valence electrons. The summed E-state index contributed by atoms with van der Waals surface area (Å²) in [5.41, 5.74) is 0.905. The van der Waals surface area contributed by atoms with Gasteiger partial charge in [-0.05, 0) is 25.1 Å². The Bertz CT molecular complexity index is 367. The average molecular weight is 258 g/mol. The number of thioether (sulfide) groups is 1. The van der Waals surface area contributed by atoms with E-state index < -0.39 is 0 Å². The first-order valence-electron chi connectivity index (χ1n) is 3.94. The van der Waals surface area contributed by atoms with Crippen LogP contribution in [0, 0.1) is 0 Å². The number of amides is 1. The molecule has 13 heavy (non-hydrogen) atoms. The summed E-state index contributed by atoms with van der Waals surface area (Å²) >= 11 is 4.96. The molecule has 0 saturated carbocycles. The van der Waals surface area contributed by atoms with E-state index in [-0.39, 0.29) is 11.2 Å². The van der Waals surface area contributed by atoms with Gasteiger partial charge in [-0.1, -0.05) is 15.9 Å². The molecule has 1 aliphatic heterocycles. The van der Waals surface area contributed by atoms with Gasteiger partial charge in [0.05, 0.1) is 10.9 Å². The first-order chi connectivity index (χ1) is 6.16. The highest BCUT2D eigenvalue weighted by atomic mass is 79.9. The van der Waals surface area contributed by atoms with E-state index in [9.17, 15) is 4.79 Å². The molecular formula is C9H8BrNOS. The van der Waals surface area contributed by atoms with Crippen LogP contribution >= 0.6 is 27.7 Å². The largest absolute Gasteiger partial charge is 0.324 e. The number of anilines is 1. The normalized spacial score (nSPS) is 20.8. The van der Waals surface area contributed by atoms with Crippen molar-refractivity contribution in [2.75, 3.05) is 5.32 Å². The molecule has 2 nitrogen and oxygen atoms in total. The summed E-state index contributed by atoms with van der Waals surface area (Å²) in [6, 6.07) is 5.92. The van der Waals surface area contributed by atoms with E-state index in [1.165, 1.54) is 0 Å². The fourth-order valence-corrected chi connectivity index (χ4v) is 2.47. The molecule has 0 aromatic heterocycles. The highest BCUT2D eigenvalue weighted by Crippen LogP contribution is 2.36. The van der Waals surface area contributed by atoms with Gasteiger partial charge in [-0.2, -0.15) is 0 Å². The van der Waals surface area contributed by atoms with Crippen molar-refractivity contribution >= 4 is 39.3 Å². The predicted molar refractivity (Wildman–Crippen MR) is 58.1 cm³/mol. The third-order valence-corrected chi connectivity index (χ3v) is 3.54. The van der Waals surface area contributed by atoms with Crippen molar-refractivity contribution in [3.05, 3.63) is 22.7 Å². The minimum atomic E-state index is 0.00803. The number of fused-ring (bicyclic) bond motifs is 1. The molecule has 1 aromatic rings. The fourth-order valence-electron chi connectivity index (χ4n) is 1.18. The number of nitrogens with one attached hydrogen (secondary N) is 1. The smallest absolute Gasteiger partial charge is 0.237 e. The van der Waals surface area contributed by atoms with Gasteiger partial charge in [-0.25, -0.2) is 0 Å². The number of halogens is 1. The van der Waals surface area contributed by atoms with E-state index in [0.717, 1.165) is 15.1 Å². The number of benzene rings is 1. The Labute approximate surface area is 89.2 Å². The minimum Gasteiger partial charge on any atom is -0.324 e. The zero-order valence-electron chi connectivity index (χ0n) is 7.00. The van der Waals surface area contributed by atoms with Crippen LogP contribution in [0.1, 0.15) is 6.92 Å². The molecule has 1 N–H and O–H groups in total. The van der Waals surface area contributed by atoms with Crippen LogP contribution in [-0.2, 0) is 4.79 Å². The number of rotatable bonds is 0. The van der Waals surface area contributed by atoms with Crippen molar-refractivity contribution < 1.29 is 4.79 Å². The summed E-state index contributed by atoms with van der Waals surface area (Å²) in [5, 5.41) is 2.87. The molecule has 1 heterocycles. The van der Waals surface area contributed by atoms with Crippen LogP contribution in [0.4, 0.5) is 5.69 Å². The second kappa shape index (κ2) is 3.35. The van der Waals surface area contributed by atoms with E-state index in [2.05, 4.69) is 21.2 Å². The molecule has 0 aliphatic carbocycles. The van der Waals surface area contributed by atoms with Crippen molar-refractivity contribution in [1.29, 1.82) is 0 Å². The number of carbonyl (C=O) groups excluding carboxylic acids is 1. The van der Waals surface area contributed by atoms with Crippen LogP contribution in [0.5, 0.6) is 0 Å². The van der Waals surface area contributed by atoms with Crippen LogP contribution < -0.4 is 5.32 Å². The third kappa shape index (κ3) is 1.74. The predicted octanol–water partition coefficient (Wildman–Crippen LogP) is 2.88. The third-order valence-electron chi connectivity index (χ3n) is 1.87. The average Bonchev–Trinajstić information content (AvgIpc) is 2.08. The topological polar surface area (TPSA) is 29.1 Å². The first-order valence-corrected chi connectivity index (χ1v) is 5.61. The van der Waals surface area contributed by atoms with Gasteiger partial charge >= 0.3 is 0 Å². The second-order valence-corrected chi connectivity index (χ2v) is 5.19. The van der Waals surface area contributed by atoms with Gasteiger partial charge < -0.3 is 5.32 Å². The highest BCUT2D eigenvalue weighted by Gasteiger charge is 2.22. The van der Waals surface area contributed by atoms with Crippen LogP contribution in [0.2, 0.25) is 0 Å². The van der Waals surface area contributed by atoms with Gasteiger partial charge in [0, 0.05) is 9.37 Å². The van der Waals surface area contributed by atoms with Gasteiger partial charge in [-0.3, -0.25) is 4.79 Å². The number of carbonyl (C=O) groups is 1. The molecule has 1 aliphatic rings. The second-order valence-electron chi connectivity index (χ2n) is 2.89. The Hall–Kier alpha value is -0.480. The summed E-state index contributed by atoms with van der Waals surface area (Å²) in [7, 11) is 0. The standard InChI is InChI=1S/C9H8BrNOS/c1-5-9(12)11-7-4-6(10)2-3-8(7)13-5/h2-5H,1H3,(H,11,12)/t5-/m0/s1. The SMILES string of the molecule is C[C@@H]1Sc2ccc(Br)cc2NC1=O. The lowest BCUT2D eigenvalue weighted by Crippen LogP contribution is -2.26. The summed E-state index contributed by atoms with van der Waals surface area (Å²) < 4.78 is 0.988. The summed E-state index contributed by atoms with van der Waals surface area (Å²) in [6.07, 6.45) is 0. The number of hydrogen-bond acceptors (Lipinski definition) is 2. The van der Waals surface area contributed by atoms with Crippen molar-refractivity contribution in [3.8, 4) is 0 Å². The fraction of sp³-hybridized carbons (Fsp3) is 0.222. The van der Waals surface area contributed by atoms with Crippen molar-refractivity contribution in [1.82, 2.24) is 0 Å². The molecule has 1 amide bonds. The Morgan fingerprint density at radius 3 is 3.08 bits per heavy atom. The van der Waals surface area contributed by atoms with Gasteiger partial charge in [-0.15, -0.1) is 11.8 Å². The zero-order chi connectivity index (χ0) is 9.42. The maximum Gasteiger partial charge on any atom is 0.237 e. The van der Waals surface area contributed by atoms with E-state index in [1.807, 2.05) is 25.1 Å². The molecular weight excluding hydrogens is 250 g/mol. The van der Waals surface area contributed by atoms with E-state index >= 15 is 0 Å². The molecule has 0 bridgehead atoms. The molecule has 2 rings (SSSR count). The molecule has 0 radical (unpaired) electrons. The van der Waals surface area contributed by atoms with Crippen molar-refractivity contribution in [2.45, 2.75) is 17.1 Å². The zero-order valence-corrected chi connectivity index (χ0v) is 9.41. The van der Waals surface area contributed by atoms with E-state index in [4.69, 9.17) is 0 Å².